The van der Waals surface area contributed by atoms with Gasteiger partial charge in [0.15, 0.2) is 0 Å². The zero-order chi connectivity index (χ0) is 14.5. The number of ketones is 1. The molecular weight excluding hydrogens is 250 g/mol. The van der Waals surface area contributed by atoms with E-state index in [-0.39, 0.29) is 11.8 Å². The van der Waals surface area contributed by atoms with Crippen molar-refractivity contribution in [3.8, 4) is 0 Å². The van der Waals surface area contributed by atoms with Gasteiger partial charge in [-0.2, -0.15) is 5.10 Å². The zero-order valence-electron chi connectivity index (χ0n) is 12.0. The molecule has 20 heavy (non-hydrogen) atoms. The van der Waals surface area contributed by atoms with Gasteiger partial charge >= 0.3 is 0 Å². The summed E-state index contributed by atoms with van der Waals surface area (Å²) in [5.74, 6) is 0.208. The van der Waals surface area contributed by atoms with E-state index in [0.29, 0.717) is 19.3 Å². The largest absolute Gasteiger partial charge is 0.324 e. The Morgan fingerprint density at radius 3 is 2.65 bits per heavy atom. The fraction of sp³-hybridized carbons (Fsp3) is 0.375. The summed E-state index contributed by atoms with van der Waals surface area (Å²) in [6, 6.07) is 11.8. The number of hydrogen-bond donors (Lipinski definition) is 1. The molecule has 106 valence electrons. The molecule has 4 heteroatoms. The highest BCUT2D eigenvalue weighted by Gasteiger charge is 2.11. The molecule has 0 radical (unpaired) electrons. The molecule has 1 atom stereocenters. The highest BCUT2D eigenvalue weighted by atomic mass is 16.1. The van der Waals surface area contributed by atoms with Gasteiger partial charge in [-0.05, 0) is 25.0 Å². The maximum atomic E-state index is 12.0. The Kier molecular flexibility index (Phi) is 4.69. The first-order valence-electron chi connectivity index (χ1n) is 6.88. The molecule has 2 N–H and O–H groups in total. The average Bonchev–Trinajstić information content (AvgIpc) is 2.75. The summed E-state index contributed by atoms with van der Waals surface area (Å²) in [5.41, 5.74) is 9.08. The maximum absolute atomic E-state index is 12.0. The van der Waals surface area contributed by atoms with E-state index >= 15 is 0 Å². The van der Waals surface area contributed by atoms with Gasteiger partial charge in [-0.15, -0.1) is 0 Å². The minimum Gasteiger partial charge on any atom is -0.324 e. The molecule has 0 aliphatic rings. The molecule has 2 rings (SSSR count). The first kappa shape index (κ1) is 14.5. The molecule has 0 saturated heterocycles. The summed E-state index contributed by atoms with van der Waals surface area (Å²) in [6.45, 7) is 1.93. The smallest absolute Gasteiger partial charge is 0.138 e. The van der Waals surface area contributed by atoms with E-state index in [2.05, 4.69) is 5.10 Å². The summed E-state index contributed by atoms with van der Waals surface area (Å²) in [6.07, 6.45) is 1.61. The van der Waals surface area contributed by atoms with Crippen LogP contribution in [0.4, 0.5) is 0 Å². The molecular formula is C16H21N3O. The van der Waals surface area contributed by atoms with Crippen molar-refractivity contribution in [1.29, 1.82) is 0 Å². The van der Waals surface area contributed by atoms with Gasteiger partial charge in [0.25, 0.3) is 0 Å². The van der Waals surface area contributed by atoms with Crippen LogP contribution >= 0.6 is 0 Å². The van der Waals surface area contributed by atoms with Gasteiger partial charge in [-0.25, -0.2) is 0 Å². The molecule has 0 fully saturated rings. The van der Waals surface area contributed by atoms with Crippen molar-refractivity contribution >= 4 is 5.78 Å². The number of carbonyl (C=O) groups is 1. The lowest BCUT2D eigenvalue weighted by Gasteiger charge is -2.11. The van der Waals surface area contributed by atoms with Crippen LogP contribution in [0.2, 0.25) is 0 Å². The van der Waals surface area contributed by atoms with Gasteiger partial charge < -0.3 is 5.73 Å². The van der Waals surface area contributed by atoms with Crippen molar-refractivity contribution in [2.45, 2.75) is 32.2 Å². The molecule has 1 aromatic carbocycles. The lowest BCUT2D eigenvalue weighted by molar-refractivity contribution is -0.118. The molecule has 0 aliphatic heterocycles. The minimum absolute atomic E-state index is 0.0755. The molecule has 0 spiro atoms. The highest BCUT2D eigenvalue weighted by molar-refractivity contribution is 5.80. The first-order chi connectivity index (χ1) is 9.56. The van der Waals surface area contributed by atoms with E-state index in [0.717, 1.165) is 17.0 Å². The fourth-order valence-corrected chi connectivity index (χ4v) is 2.30. The minimum atomic E-state index is -0.0755. The Morgan fingerprint density at radius 1 is 1.35 bits per heavy atom. The number of benzene rings is 1. The Labute approximate surface area is 119 Å². The SMILES string of the molecule is Cc1cc(CC(=O)CCC(N)c2ccccc2)n(C)n1. The number of nitrogens with zero attached hydrogens (tertiary/aromatic N) is 2. The number of carbonyl (C=O) groups excluding carboxylic acids is 1. The second-order valence-corrected chi connectivity index (χ2v) is 5.17. The third-order valence-corrected chi connectivity index (χ3v) is 3.44. The number of Topliss-reactive ketones (excluding diaryl/α,β-unsaturated/α-hetero) is 1. The van der Waals surface area contributed by atoms with Crippen molar-refractivity contribution in [3.05, 3.63) is 53.3 Å². The Hall–Kier alpha value is -1.94. The van der Waals surface area contributed by atoms with Crippen LogP contribution in [0.5, 0.6) is 0 Å². The average molecular weight is 271 g/mol. The second kappa shape index (κ2) is 6.48. The van der Waals surface area contributed by atoms with Crippen LogP contribution in [0, 0.1) is 6.92 Å². The zero-order valence-corrected chi connectivity index (χ0v) is 12.0. The van der Waals surface area contributed by atoms with Crippen LogP contribution in [-0.2, 0) is 18.3 Å². The number of nitrogens with two attached hydrogens (primary N) is 1. The van der Waals surface area contributed by atoms with Crippen LogP contribution in [0.25, 0.3) is 0 Å². The summed E-state index contributed by atoms with van der Waals surface area (Å²) in [4.78, 5) is 12.0. The molecule has 2 aromatic rings. The number of rotatable bonds is 6. The highest BCUT2D eigenvalue weighted by Crippen LogP contribution is 2.16. The Bertz CT molecular complexity index is 575. The van der Waals surface area contributed by atoms with Gasteiger partial charge in [-0.1, -0.05) is 30.3 Å². The molecule has 4 nitrogen and oxygen atoms in total. The number of aryl methyl sites for hydroxylation is 2. The Balaban J connectivity index is 1.85. The van der Waals surface area contributed by atoms with Crippen molar-refractivity contribution in [2.75, 3.05) is 0 Å². The van der Waals surface area contributed by atoms with Gasteiger partial charge in [0.2, 0.25) is 0 Å². The Morgan fingerprint density at radius 2 is 2.05 bits per heavy atom. The molecule has 1 unspecified atom stereocenters. The first-order valence-corrected chi connectivity index (χ1v) is 6.88. The lowest BCUT2D eigenvalue weighted by atomic mass is 10.0. The summed E-state index contributed by atoms with van der Waals surface area (Å²) in [5, 5.41) is 4.25. The monoisotopic (exact) mass is 271 g/mol. The van der Waals surface area contributed by atoms with Crippen LogP contribution in [0.15, 0.2) is 36.4 Å². The summed E-state index contributed by atoms with van der Waals surface area (Å²) < 4.78 is 1.77. The predicted molar refractivity (Wildman–Crippen MR) is 79.3 cm³/mol. The summed E-state index contributed by atoms with van der Waals surface area (Å²) in [7, 11) is 1.87. The normalized spacial score (nSPS) is 12.3. The lowest BCUT2D eigenvalue weighted by Crippen LogP contribution is -2.14. The fourth-order valence-electron chi connectivity index (χ4n) is 2.30. The van der Waals surface area contributed by atoms with E-state index < -0.39 is 0 Å². The van der Waals surface area contributed by atoms with E-state index in [1.807, 2.05) is 50.4 Å². The quantitative estimate of drug-likeness (QED) is 0.877. The van der Waals surface area contributed by atoms with Gasteiger partial charge in [-0.3, -0.25) is 9.48 Å². The topological polar surface area (TPSA) is 60.9 Å². The van der Waals surface area contributed by atoms with Gasteiger partial charge in [0, 0.05) is 31.6 Å². The van der Waals surface area contributed by atoms with E-state index in [9.17, 15) is 4.79 Å². The standard InChI is InChI=1S/C16H21N3O/c1-12-10-14(19(2)18-12)11-15(20)8-9-16(17)13-6-4-3-5-7-13/h3-7,10,16H,8-9,11,17H2,1-2H3. The third kappa shape index (κ3) is 3.78. The second-order valence-electron chi connectivity index (χ2n) is 5.17. The van der Waals surface area contributed by atoms with E-state index in [4.69, 9.17) is 5.73 Å². The van der Waals surface area contributed by atoms with Crippen LogP contribution in [-0.4, -0.2) is 15.6 Å². The van der Waals surface area contributed by atoms with Crippen LogP contribution in [0.1, 0.15) is 35.8 Å². The van der Waals surface area contributed by atoms with Crippen molar-refractivity contribution in [2.24, 2.45) is 12.8 Å². The van der Waals surface area contributed by atoms with Crippen molar-refractivity contribution < 1.29 is 4.79 Å². The van der Waals surface area contributed by atoms with E-state index in [1.165, 1.54) is 0 Å². The predicted octanol–water partition coefficient (Wildman–Crippen LogP) is 2.32. The molecule has 0 aliphatic carbocycles. The molecule has 0 bridgehead atoms. The van der Waals surface area contributed by atoms with Crippen LogP contribution < -0.4 is 5.73 Å². The summed E-state index contributed by atoms with van der Waals surface area (Å²) >= 11 is 0. The van der Waals surface area contributed by atoms with E-state index in [1.54, 1.807) is 4.68 Å². The third-order valence-electron chi connectivity index (χ3n) is 3.44. The van der Waals surface area contributed by atoms with Crippen LogP contribution in [0.3, 0.4) is 0 Å². The molecule has 0 amide bonds. The molecule has 1 heterocycles. The van der Waals surface area contributed by atoms with Crippen molar-refractivity contribution in [3.63, 3.8) is 0 Å². The maximum Gasteiger partial charge on any atom is 0.138 e. The number of aromatic nitrogens is 2. The van der Waals surface area contributed by atoms with Gasteiger partial charge in [0.1, 0.15) is 5.78 Å². The van der Waals surface area contributed by atoms with Crippen molar-refractivity contribution in [1.82, 2.24) is 9.78 Å². The molecule has 0 saturated carbocycles. The van der Waals surface area contributed by atoms with Gasteiger partial charge in [0.05, 0.1) is 5.69 Å². The molecule has 1 aromatic heterocycles. The number of hydrogen-bond acceptors (Lipinski definition) is 3.